The summed E-state index contributed by atoms with van der Waals surface area (Å²) in [4.78, 5) is 16.2. The fraction of sp³-hybridized carbons (Fsp3) is 0.562. The topological polar surface area (TPSA) is 35.6 Å². The normalized spacial score (nSPS) is 16.4. The summed E-state index contributed by atoms with van der Waals surface area (Å²) in [6, 6.07) is 5.02. The van der Waals surface area contributed by atoms with Gasteiger partial charge in [0.1, 0.15) is 0 Å². The number of anilines is 1. The molecule has 0 spiro atoms. The van der Waals surface area contributed by atoms with E-state index in [0.717, 1.165) is 44.9 Å². The molecule has 0 bridgehead atoms. The Morgan fingerprint density at radius 1 is 1.22 bits per heavy atom. The molecule has 0 saturated carbocycles. The van der Waals surface area contributed by atoms with E-state index in [1.54, 1.807) is 6.07 Å². The first-order valence-corrected chi connectivity index (χ1v) is 7.81. The zero-order valence-electron chi connectivity index (χ0n) is 13.2. The number of carbonyl (C=O) groups is 1. The van der Waals surface area contributed by atoms with Crippen LogP contribution in [0.25, 0.3) is 0 Å². The minimum atomic E-state index is -4.35. The molecule has 1 aromatic carbocycles. The Hall–Kier alpha value is -1.76. The van der Waals surface area contributed by atoms with Gasteiger partial charge in [-0.2, -0.15) is 13.2 Å². The van der Waals surface area contributed by atoms with Crippen molar-refractivity contribution in [2.24, 2.45) is 0 Å². The Morgan fingerprint density at radius 2 is 1.91 bits per heavy atom. The first-order chi connectivity index (χ1) is 10.9. The molecular weight excluding hydrogens is 307 g/mol. The van der Waals surface area contributed by atoms with Crippen LogP contribution in [-0.2, 0) is 11.0 Å². The molecule has 2 rings (SSSR count). The minimum Gasteiger partial charge on any atom is -0.385 e. The lowest BCUT2D eigenvalue weighted by Crippen LogP contribution is -2.48. The van der Waals surface area contributed by atoms with Crippen molar-refractivity contribution in [2.45, 2.75) is 19.5 Å². The molecule has 23 heavy (non-hydrogen) atoms. The summed E-state index contributed by atoms with van der Waals surface area (Å²) in [7, 11) is 0. The summed E-state index contributed by atoms with van der Waals surface area (Å²) in [5.74, 6) is 0.0419. The lowest BCUT2D eigenvalue weighted by Gasteiger charge is -2.34. The highest BCUT2D eigenvalue weighted by Crippen LogP contribution is 2.30. The fourth-order valence-electron chi connectivity index (χ4n) is 2.59. The predicted molar refractivity (Wildman–Crippen MR) is 83.2 cm³/mol. The number of piperazine rings is 1. The number of amides is 1. The lowest BCUT2D eigenvalue weighted by molar-refractivity contribution is -0.137. The molecule has 0 unspecified atom stereocenters. The average Bonchev–Trinajstić information content (AvgIpc) is 2.54. The van der Waals surface area contributed by atoms with E-state index in [-0.39, 0.29) is 12.3 Å². The summed E-state index contributed by atoms with van der Waals surface area (Å²) in [6.07, 6.45) is -4.07. The van der Waals surface area contributed by atoms with Crippen molar-refractivity contribution in [2.75, 3.05) is 44.6 Å². The Bertz CT molecular complexity index is 526. The van der Waals surface area contributed by atoms with E-state index >= 15 is 0 Å². The molecule has 4 nitrogen and oxygen atoms in total. The molecule has 1 aromatic rings. The van der Waals surface area contributed by atoms with Crippen molar-refractivity contribution in [3.8, 4) is 0 Å². The number of rotatable bonds is 5. The van der Waals surface area contributed by atoms with Crippen LogP contribution in [0.5, 0.6) is 0 Å². The Labute approximate surface area is 134 Å². The van der Waals surface area contributed by atoms with E-state index in [1.807, 2.05) is 4.90 Å². The van der Waals surface area contributed by atoms with E-state index < -0.39 is 11.7 Å². The van der Waals surface area contributed by atoms with E-state index in [1.165, 1.54) is 6.07 Å². The first kappa shape index (κ1) is 17.6. The third kappa shape index (κ3) is 5.13. The molecule has 7 heteroatoms. The summed E-state index contributed by atoms with van der Waals surface area (Å²) < 4.78 is 37.9. The summed E-state index contributed by atoms with van der Waals surface area (Å²) in [5, 5.41) is 2.89. The van der Waals surface area contributed by atoms with Gasteiger partial charge in [-0.3, -0.25) is 4.79 Å². The third-order valence-electron chi connectivity index (χ3n) is 4.03. The van der Waals surface area contributed by atoms with Crippen molar-refractivity contribution in [3.05, 3.63) is 29.8 Å². The van der Waals surface area contributed by atoms with Crippen LogP contribution in [0.3, 0.4) is 0 Å². The van der Waals surface area contributed by atoms with Crippen LogP contribution >= 0.6 is 0 Å². The second-order valence-corrected chi connectivity index (χ2v) is 5.57. The van der Waals surface area contributed by atoms with Gasteiger partial charge in [0.25, 0.3) is 0 Å². The van der Waals surface area contributed by atoms with Gasteiger partial charge in [0.05, 0.1) is 5.56 Å². The maximum Gasteiger partial charge on any atom is 0.416 e. The molecule has 0 radical (unpaired) electrons. The zero-order valence-corrected chi connectivity index (χ0v) is 13.2. The van der Waals surface area contributed by atoms with Crippen LogP contribution in [0, 0.1) is 0 Å². The number of halogens is 3. The number of likely N-dealkylation sites (N-methyl/N-ethyl adjacent to an activating group) is 1. The number of alkyl halides is 3. The minimum absolute atomic E-state index is 0.0419. The van der Waals surface area contributed by atoms with E-state index in [2.05, 4.69) is 17.1 Å². The number of nitrogens with zero attached hydrogens (tertiary/aromatic N) is 2. The molecule has 1 N–H and O–H groups in total. The molecule has 1 aliphatic heterocycles. The van der Waals surface area contributed by atoms with Gasteiger partial charge in [0, 0.05) is 44.8 Å². The van der Waals surface area contributed by atoms with Crippen molar-refractivity contribution in [1.82, 2.24) is 9.80 Å². The van der Waals surface area contributed by atoms with Gasteiger partial charge in [0.2, 0.25) is 5.91 Å². The van der Waals surface area contributed by atoms with Crippen LogP contribution in [0.2, 0.25) is 0 Å². The standard InChI is InChI=1S/C16H22F3N3O/c1-2-21-8-10-22(11-9-21)15(23)6-7-20-14-5-3-4-13(12-14)16(17,18)19/h3-5,12,20H,2,6-11H2,1H3. The second kappa shape index (κ2) is 7.68. The van der Waals surface area contributed by atoms with E-state index in [0.29, 0.717) is 12.2 Å². The van der Waals surface area contributed by atoms with Crippen molar-refractivity contribution < 1.29 is 18.0 Å². The number of hydrogen-bond acceptors (Lipinski definition) is 3. The van der Waals surface area contributed by atoms with Crippen molar-refractivity contribution in [3.63, 3.8) is 0 Å². The Kier molecular flexibility index (Phi) is 5.87. The molecule has 0 aliphatic carbocycles. The fourth-order valence-corrected chi connectivity index (χ4v) is 2.59. The highest BCUT2D eigenvalue weighted by Gasteiger charge is 2.30. The van der Waals surface area contributed by atoms with Crippen LogP contribution in [0.15, 0.2) is 24.3 Å². The van der Waals surface area contributed by atoms with Crippen LogP contribution in [0.1, 0.15) is 18.9 Å². The van der Waals surface area contributed by atoms with Crippen molar-refractivity contribution >= 4 is 11.6 Å². The molecule has 1 heterocycles. The molecule has 1 saturated heterocycles. The van der Waals surface area contributed by atoms with Crippen molar-refractivity contribution in [1.29, 1.82) is 0 Å². The monoisotopic (exact) mass is 329 g/mol. The number of hydrogen-bond donors (Lipinski definition) is 1. The smallest absolute Gasteiger partial charge is 0.385 e. The SMILES string of the molecule is CCN1CCN(C(=O)CCNc2cccc(C(F)(F)F)c2)CC1. The summed E-state index contributed by atoms with van der Waals surface area (Å²) in [6.45, 7) is 6.60. The molecular formula is C16H22F3N3O. The first-order valence-electron chi connectivity index (χ1n) is 7.81. The Balaban J connectivity index is 1.78. The number of benzene rings is 1. The number of carbonyl (C=O) groups excluding carboxylic acids is 1. The molecule has 0 atom stereocenters. The molecule has 1 fully saturated rings. The molecule has 128 valence electrons. The van der Waals surface area contributed by atoms with Gasteiger partial charge in [-0.1, -0.05) is 13.0 Å². The number of nitrogens with one attached hydrogen (secondary N) is 1. The van der Waals surface area contributed by atoms with Gasteiger partial charge in [-0.15, -0.1) is 0 Å². The largest absolute Gasteiger partial charge is 0.416 e. The maximum absolute atomic E-state index is 12.6. The van der Waals surface area contributed by atoms with Gasteiger partial charge in [-0.25, -0.2) is 0 Å². The van der Waals surface area contributed by atoms with Gasteiger partial charge in [-0.05, 0) is 24.7 Å². The van der Waals surface area contributed by atoms with Gasteiger partial charge in [0.15, 0.2) is 0 Å². The molecule has 1 aliphatic rings. The van der Waals surface area contributed by atoms with Gasteiger partial charge >= 0.3 is 6.18 Å². The van der Waals surface area contributed by atoms with E-state index in [4.69, 9.17) is 0 Å². The Morgan fingerprint density at radius 3 is 2.52 bits per heavy atom. The second-order valence-electron chi connectivity index (χ2n) is 5.57. The highest BCUT2D eigenvalue weighted by atomic mass is 19.4. The zero-order chi connectivity index (χ0) is 16.9. The maximum atomic E-state index is 12.6. The predicted octanol–water partition coefficient (Wildman–Crippen LogP) is 2.67. The van der Waals surface area contributed by atoms with Gasteiger partial charge < -0.3 is 15.1 Å². The van der Waals surface area contributed by atoms with Crippen LogP contribution in [-0.4, -0.2) is 55.0 Å². The average molecular weight is 329 g/mol. The quantitative estimate of drug-likeness (QED) is 0.902. The summed E-state index contributed by atoms with van der Waals surface area (Å²) >= 11 is 0. The van der Waals surface area contributed by atoms with Crippen LogP contribution < -0.4 is 5.32 Å². The van der Waals surface area contributed by atoms with Crippen LogP contribution in [0.4, 0.5) is 18.9 Å². The molecule has 0 aromatic heterocycles. The third-order valence-corrected chi connectivity index (χ3v) is 4.03. The molecule has 1 amide bonds. The van der Waals surface area contributed by atoms with E-state index in [9.17, 15) is 18.0 Å². The highest BCUT2D eigenvalue weighted by molar-refractivity contribution is 5.76. The summed E-state index contributed by atoms with van der Waals surface area (Å²) in [5.41, 5.74) is -0.312. The lowest BCUT2D eigenvalue weighted by atomic mass is 10.2.